The summed E-state index contributed by atoms with van der Waals surface area (Å²) in [5, 5.41) is 16.7. The van der Waals surface area contributed by atoms with Crippen LogP contribution < -0.4 is 10.7 Å². The molecule has 2 aliphatic heterocycles. The number of ether oxygens (including phenoxy) is 2. The molecule has 320 valence electrons. The third kappa shape index (κ3) is 8.79. The van der Waals surface area contributed by atoms with Gasteiger partial charge >= 0.3 is 5.97 Å². The number of phenols is 1. The van der Waals surface area contributed by atoms with E-state index in [1.54, 1.807) is 32.5 Å². The Kier molecular flexibility index (Phi) is 12.4. The number of nitrogens with zero attached hydrogens (tertiary/aromatic N) is 4. The second-order valence-electron chi connectivity index (χ2n) is 17.9. The summed E-state index contributed by atoms with van der Waals surface area (Å²) in [7, 11) is 3.33. The highest BCUT2D eigenvalue weighted by Crippen LogP contribution is 2.42. The van der Waals surface area contributed by atoms with Gasteiger partial charge in [-0.25, -0.2) is 5.43 Å². The summed E-state index contributed by atoms with van der Waals surface area (Å²) in [5.74, 6) is -1.70. The van der Waals surface area contributed by atoms with Crippen molar-refractivity contribution in [1.29, 1.82) is 0 Å². The van der Waals surface area contributed by atoms with Gasteiger partial charge in [-0.1, -0.05) is 39.8 Å². The molecule has 1 saturated carbocycles. The zero-order valence-corrected chi connectivity index (χ0v) is 36.2. The minimum absolute atomic E-state index is 0.0185. The Labute approximate surface area is 352 Å². The number of cyclic esters (lactones) is 1. The number of phenolic OH excluding ortho intramolecular Hbond substituents is 1. The SMILES string of the molecule is CCn1c(-c2cccnc2[C@H](C)OC)c2c3cc(ccc31)-c1cc(O)cc(c1)C[C@H](NC(=O)C(C(C)C)N(C)C(=O)C1CC1)C(=O)N1CCC[C@H](N1)C(=O)OCC(C)(C)C2. The molecule has 0 radical (unpaired) electrons. The van der Waals surface area contributed by atoms with Gasteiger partial charge in [-0.2, -0.15) is 0 Å². The van der Waals surface area contributed by atoms with Crippen LogP contribution in [0.4, 0.5) is 0 Å². The molecule has 4 atom stereocenters. The summed E-state index contributed by atoms with van der Waals surface area (Å²) in [5.41, 5.74) is 9.75. The molecule has 3 N–H and O–H groups in total. The molecule has 7 rings (SSSR count). The number of hydrogen-bond donors (Lipinski definition) is 3. The number of aromatic hydroxyl groups is 1. The Balaban J connectivity index is 1.36. The largest absolute Gasteiger partial charge is 0.508 e. The van der Waals surface area contributed by atoms with Crippen LogP contribution in [0.25, 0.3) is 33.3 Å². The Morgan fingerprint density at radius 1 is 1.08 bits per heavy atom. The summed E-state index contributed by atoms with van der Waals surface area (Å²) in [4.78, 5) is 62.0. The maximum atomic E-state index is 14.5. The second kappa shape index (κ2) is 17.4. The lowest BCUT2D eigenvalue weighted by Crippen LogP contribution is -2.62. The van der Waals surface area contributed by atoms with Crippen molar-refractivity contribution in [3.05, 3.63) is 71.5 Å². The molecule has 13 heteroatoms. The Hall–Kier alpha value is -5.27. The number of benzene rings is 2. The Morgan fingerprint density at radius 3 is 2.55 bits per heavy atom. The number of esters is 1. The number of likely N-dealkylation sites (N-methyl/N-ethyl adjacent to an activating group) is 1. The highest BCUT2D eigenvalue weighted by atomic mass is 16.5. The summed E-state index contributed by atoms with van der Waals surface area (Å²) in [6.45, 7) is 13.2. The van der Waals surface area contributed by atoms with Crippen molar-refractivity contribution in [3.8, 4) is 28.1 Å². The van der Waals surface area contributed by atoms with Crippen molar-refractivity contribution in [2.24, 2.45) is 17.3 Å². The summed E-state index contributed by atoms with van der Waals surface area (Å²) >= 11 is 0. The molecule has 6 bridgehead atoms. The van der Waals surface area contributed by atoms with Gasteiger partial charge in [-0.05, 0) is 111 Å². The topological polar surface area (TPSA) is 155 Å². The fourth-order valence-electron chi connectivity index (χ4n) is 9.00. The number of nitrogens with one attached hydrogen (secondary N) is 2. The third-order valence-electron chi connectivity index (χ3n) is 12.3. The average molecular weight is 821 g/mol. The third-order valence-corrected chi connectivity index (χ3v) is 12.3. The van der Waals surface area contributed by atoms with E-state index in [2.05, 4.69) is 54.3 Å². The molecule has 1 unspecified atom stereocenters. The number of rotatable bonds is 9. The van der Waals surface area contributed by atoms with Crippen LogP contribution in [0.3, 0.4) is 0 Å². The van der Waals surface area contributed by atoms with E-state index in [0.29, 0.717) is 37.9 Å². The van der Waals surface area contributed by atoms with Crippen molar-refractivity contribution in [2.45, 2.75) is 111 Å². The Bertz CT molecular complexity index is 2280. The van der Waals surface area contributed by atoms with Crippen LogP contribution in [0.5, 0.6) is 5.75 Å². The second-order valence-corrected chi connectivity index (χ2v) is 17.9. The van der Waals surface area contributed by atoms with Crippen molar-refractivity contribution >= 4 is 34.6 Å². The van der Waals surface area contributed by atoms with E-state index >= 15 is 0 Å². The molecule has 4 aromatic rings. The lowest BCUT2D eigenvalue weighted by atomic mass is 9.84. The molecule has 2 fully saturated rings. The number of fused-ring (bicyclic) bond motifs is 6. The molecule has 60 heavy (non-hydrogen) atoms. The van der Waals surface area contributed by atoms with Gasteiger partial charge in [0.15, 0.2) is 0 Å². The number of methoxy groups -OCH3 is 1. The van der Waals surface area contributed by atoms with E-state index in [0.717, 1.165) is 57.4 Å². The van der Waals surface area contributed by atoms with Crippen LogP contribution in [0.1, 0.15) is 90.2 Å². The van der Waals surface area contributed by atoms with E-state index in [-0.39, 0.29) is 42.6 Å². The maximum Gasteiger partial charge on any atom is 0.324 e. The first-order valence-corrected chi connectivity index (χ1v) is 21.4. The average Bonchev–Trinajstić information content (AvgIpc) is 4.04. The number of hydrazine groups is 1. The molecule has 0 spiro atoms. The lowest BCUT2D eigenvalue weighted by Gasteiger charge is -2.36. The first-order valence-electron chi connectivity index (χ1n) is 21.4. The number of pyridine rings is 1. The quantitative estimate of drug-likeness (QED) is 0.164. The summed E-state index contributed by atoms with van der Waals surface area (Å²) in [6, 6.07) is 12.9. The van der Waals surface area contributed by atoms with Gasteiger partial charge < -0.3 is 29.4 Å². The number of carbonyl (C=O) groups excluding carboxylic acids is 4. The fourth-order valence-corrected chi connectivity index (χ4v) is 9.00. The van der Waals surface area contributed by atoms with Crippen molar-refractivity contribution in [1.82, 2.24) is 30.2 Å². The van der Waals surface area contributed by atoms with E-state index in [1.807, 2.05) is 39.0 Å². The van der Waals surface area contributed by atoms with E-state index in [1.165, 1.54) is 9.91 Å². The number of aromatic nitrogens is 2. The maximum absolute atomic E-state index is 14.5. The molecule has 1 aliphatic carbocycles. The molecular weight excluding hydrogens is 761 g/mol. The zero-order valence-electron chi connectivity index (χ0n) is 36.2. The van der Waals surface area contributed by atoms with Gasteiger partial charge in [0.1, 0.15) is 23.9 Å². The van der Waals surface area contributed by atoms with E-state index in [9.17, 15) is 24.3 Å². The molecular formula is C47H60N6O7. The van der Waals surface area contributed by atoms with Crippen LogP contribution in [0.15, 0.2) is 54.7 Å². The smallest absolute Gasteiger partial charge is 0.324 e. The van der Waals surface area contributed by atoms with Gasteiger partial charge in [0.2, 0.25) is 11.8 Å². The van der Waals surface area contributed by atoms with Crippen LogP contribution >= 0.6 is 0 Å². The number of amides is 3. The standard InChI is InChI=1S/C47H60N6O7/c1-9-52-39-17-16-31-24-35(39)36(42(52)34-12-10-18-48-40(34)28(4)59-8)25-47(5,6)26-60-46(58)37-13-11-19-53(50-37)45(57)38(22-29-20-32(31)23-33(54)21-29)49-43(55)41(27(2)3)51(7)44(56)30-14-15-30/h10,12,16-18,20-21,23-24,27-28,30,37-38,41,50,54H,9,11,13-15,19,22,25-26H2,1-8H3,(H,49,55)/t28-,37-,38-,41?/m0/s1. The number of hydrogen-bond acceptors (Lipinski definition) is 9. The van der Waals surface area contributed by atoms with Crippen LogP contribution in [0, 0.1) is 17.3 Å². The van der Waals surface area contributed by atoms with E-state index in [4.69, 9.17) is 14.5 Å². The number of aryl methyl sites for hydroxylation is 1. The van der Waals surface area contributed by atoms with Gasteiger partial charge in [0.05, 0.1) is 24.1 Å². The first kappa shape index (κ1) is 42.8. The van der Waals surface area contributed by atoms with Crippen molar-refractivity contribution in [3.63, 3.8) is 0 Å². The van der Waals surface area contributed by atoms with Crippen molar-refractivity contribution < 1.29 is 33.8 Å². The molecule has 13 nitrogen and oxygen atoms in total. The van der Waals surface area contributed by atoms with E-state index < -0.39 is 41.3 Å². The molecule has 1 saturated heterocycles. The van der Waals surface area contributed by atoms with Crippen LogP contribution in [-0.2, 0) is 48.0 Å². The molecule has 2 aromatic heterocycles. The highest BCUT2D eigenvalue weighted by molar-refractivity contribution is 5.96. The first-order chi connectivity index (χ1) is 28.6. The Morgan fingerprint density at radius 2 is 1.85 bits per heavy atom. The molecule has 3 amide bonds. The lowest BCUT2D eigenvalue weighted by molar-refractivity contribution is -0.155. The molecule has 2 aromatic carbocycles. The minimum atomic E-state index is -1.09. The fraction of sp³-hybridized carbons (Fsp3) is 0.511. The van der Waals surface area contributed by atoms with Gasteiger partial charge in [0, 0.05) is 67.7 Å². The summed E-state index contributed by atoms with van der Waals surface area (Å²) in [6.07, 6.45) is 4.74. The predicted octanol–water partition coefficient (Wildman–Crippen LogP) is 6.34. The van der Waals surface area contributed by atoms with Gasteiger partial charge in [0.25, 0.3) is 5.91 Å². The normalized spacial score (nSPS) is 20.6. The predicted molar refractivity (Wildman–Crippen MR) is 229 cm³/mol. The highest BCUT2D eigenvalue weighted by Gasteiger charge is 2.40. The summed E-state index contributed by atoms with van der Waals surface area (Å²) < 4.78 is 14.2. The van der Waals surface area contributed by atoms with Crippen LogP contribution in [-0.4, -0.2) is 93.7 Å². The van der Waals surface area contributed by atoms with Gasteiger partial charge in [-0.3, -0.25) is 29.2 Å². The minimum Gasteiger partial charge on any atom is -0.508 e. The number of carbonyl (C=O) groups is 4. The molecule has 4 heterocycles. The zero-order chi connectivity index (χ0) is 43.0. The van der Waals surface area contributed by atoms with Gasteiger partial charge in [-0.15, -0.1) is 0 Å². The van der Waals surface area contributed by atoms with Crippen molar-refractivity contribution in [2.75, 3.05) is 27.3 Å². The van der Waals surface area contributed by atoms with Crippen LogP contribution in [0.2, 0.25) is 0 Å². The monoisotopic (exact) mass is 820 g/mol. The molecule has 3 aliphatic rings.